The molecule has 1 aliphatic heterocycles. The fourth-order valence-electron chi connectivity index (χ4n) is 3.94. The van der Waals surface area contributed by atoms with E-state index < -0.39 is 0 Å². The molecule has 2 aromatic rings. The van der Waals surface area contributed by atoms with Gasteiger partial charge in [-0.15, -0.1) is 0 Å². The third-order valence-corrected chi connectivity index (χ3v) is 6.85. The summed E-state index contributed by atoms with van der Waals surface area (Å²) in [4.78, 5) is 19.9. The van der Waals surface area contributed by atoms with Crippen LogP contribution >= 0.6 is 23.4 Å². The Balaban J connectivity index is 1.62. The minimum atomic E-state index is 0.0118. The molecular weight excluding hydrogens is 388 g/mol. The van der Waals surface area contributed by atoms with Crippen LogP contribution in [0.15, 0.2) is 51.2 Å². The maximum Gasteiger partial charge on any atom is 0.251 e. The Bertz CT molecular complexity index is 917. The third-order valence-electron chi connectivity index (χ3n) is 5.47. The molecule has 4 rings (SSSR count). The second-order valence-corrected chi connectivity index (χ2v) is 9.02. The van der Waals surface area contributed by atoms with Crippen molar-refractivity contribution in [2.24, 2.45) is 4.99 Å². The average molecular weight is 413 g/mol. The predicted octanol–water partition coefficient (Wildman–Crippen LogP) is 6.79. The van der Waals surface area contributed by atoms with E-state index in [4.69, 9.17) is 16.6 Å². The maximum atomic E-state index is 12.8. The summed E-state index contributed by atoms with van der Waals surface area (Å²) in [5.74, 6) is 0.0118. The number of carbonyl (C=O) groups is 1. The molecule has 2 aromatic carbocycles. The highest BCUT2D eigenvalue weighted by Crippen LogP contribution is 2.41. The van der Waals surface area contributed by atoms with Gasteiger partial charge >= 0.3 is 0 Å². The Hall–Kier alpha value is -1.78. The molecule has 0 aromatic heterocycles. The zero-order valence-electron chi connectivity index (χ0n) is 16.1. The molecule has 146 valence electrons. The van der Waals surface area contributed by atoms with Crippen molar-refractivity contribution in [1.82, 2.24) is 5.32 Å². The van der Waals surface area contributed by atoms with Gasteiger partial charge in [-0.25, -0.2) is 0 Å². The number of amides is 1. The minimum absolute atomic E-state index is 0.0118. The van der Waals surface area contributed by atoms with Gasteiger partial charge in [0.2, 0.25) is 0 Å². The van der Waals surface area contributed by atoms with Gasteiger partial charge in [0.25, 0.3) is 5.91 Å². The molecule has 1 saturated carbocycles. The first-order valence-corrected chi connectivity index (χ1v) is 11.3. The molecule has 0 saturated heterocycles. The molecule has 0 bridgehead atoms. The minimum Gasteiger partial charge on any atom is -0.349 e. The molecule has 0 atom stereocenters. The third kappa shape index (κ3) is 4.28. The Labute approximate surface area is 176 Å². The van der Waals surface area contributed by atoms with Crippen LogP contribution in [0.3, 0.4) is 0 Å². The second kappa shape index (κ2) is 8.71. The van der Waals surface area contributed by atoms with E-state index >= 15 is 0 Å². The fourth-order valence-corrected chi connectivity index (χ4v) is 5.11. The zero-order chi connectivity index (χ0) is 19.5. The van der Waals surface area contributed by atoms with E-state index in [1.54, 1.807) is 11.8 Å². The summed E-state index contributed by atoms with van der Waals surface area (Å²) in [6.45, 7) is 2.10. The lowest BCUT2D eigenvalue weighted by atomic mass is 10.1. The summed E-state index contributed by atoms with van der Waals surface area (Å²) >= 11 is 7.90. The first kappa shape index (κ1) is 19.5. The van der Waals surface area contributed by atoms with Gasteiger partial charge in [-0.2, -0.15) is 0 Å². The number of hydrogen-bond acceptors (Lipinski definition) is 3. The number of nitrogens with zero attached hydrogens (tertiary/aromatic N) is 1. The van der Waals surface area contributed by atoms with Gasteiger partial charge in [0, 0.05) is 37.7 Å². The van der Waals surface area contributed by atoms with Gasteiger partial charge in [0.1, 0.15) is 0 Å². The molecule has 5 heteroatoms. The van der Waals surface area contributed by atoms with E-state index in [-0.39, 0.29) is 5.91 Å². The van der Waals surface area contributed by atoms with Crippen LogP contribution in [0.1, 0.15) is 67.8 Å². The van der Waals surface area contributed by atoms with Crippen LogP contribution in [0.25, 0.3) is 0 Å². The summed E-state index contributed by atoms with van der Waals surface area (Å²) < 4.78 is 0. The van der Waals surface area contributed by atoms with Crippen LogP contribution in [0.4, 0.5) is 5.69 Å². The molecule has 1 N–H and O–H groups in total. The summed E-state index contributed by atoms with van der Waals surface area (Å²) in [7, 11) is 0. The SMILES string of the molecule is CCC1=Nc2cc(C(=O)NC3CCCCCC3)ccc2Sc2ccc(Cl)cc21. The van der Waals surface area contributed by atoms with E-state index in [1.807, 2.05) is 30.3 Å². The molecule has 1 aliphatic carbocycles. The summed E-state index contributed by atoms with van der Waals surface area (Å²) in [6.07, 6.45) is 7.95. The number of rotatable bonds is 3. The number of halogens is 1. The van der Waals surface area contributed by atoms with Crippen molar-refractivity contribution in [1.29, 1.82) is 0 Å². The molecule has 1 fully saturated rings. The standard InChI is InChI=1S/C23H25ClN2OS/c1-2-19-18-14-16(24)10-12-21(18)28-22-11-9-15(13-20(22)26-19)23(27)25-17-7-5-3-4-6-8-17/h9-14,17H,2-8H2,1H3,(H,25,27). The number of benzene rings is 2. The molecule has 3 nitrogen and oxygen atoms in total. The van der Waals surface area contributed by atoms with Crippen molar-refractivity contribution in [2.45, 2.75) is 67.7 Å². The Kier molecular flexibility index (Phi) is 6.07. The quantitative estimate of drug-likeness (QED) is 0.564. The van der Waals surface area contributed by atoms with E-state index in [1.165, 1.54) is 25.7 Å². The van der Waals surface area contributed by atoms with E-state index in [0.717, 1.165) is 51.0 Å². The van der Waals surface area contributed by atoms with Crippen molar-refractivity contribution in [2.75, 3.05) is 0 Å². The van der Waals surface area contributed by atoms with Gasteiger partial charge in [-0.3, -0.25) is 9.79 Å². The van der Waals surface area contributed by atoms with Gasteiger partial charge in [-0.05, 0) is 55.7 Å². The van der Waals surface area contributed by atoms with Crippen molar-refractivity contribution < 1.29 is 4.79 Å². The molecular formula is C23H25ClN2OS. The van der Waals surface area contributed by atoms with Crippen LogP contribution in [-0.2, 0) is 0 Å². The Morgan fingerprint density at radius 3 is 2.61 bits per heavy atom. The maximum absolute atomic E-state index is 12.8. The van der Waals surface area contributed by atoms with Crippen molar-refractivity contribution in [3.8, 4) is 0 Å². The fraction of sp³-hybridized carbons (Fsp3) is 0.391. The lowest BCUT2D eigenvalue weighted by Crippen LogP contribution is -2.34. The second-order valence-electron chi connectivity index (χ2n) is 7.50. The Morgan fingerprint density at radius 1 is 1.11 bits per heavy atom. The van der Waals surface area contributed by atoms with Gasteiger partial charge in [0.15, 0.2) is 0 Å². The summed E-state index contributed by atoms with van der Waals surface area (Å²) in [6, 6.07) is 12.1. The molecule has 0 spiro atoms. The Morgan fingerprint density at radius 2 is 1.86 bits per heavy atom. The largest absolute Gasteiger partial charge is 0.349 e. The highest BCUT2D eigenvalue weighted by Gasteiger charge is 2.20. The topological polar surface area (TPSA) is 41.5 Å². The molecule has 1 amide bonds. The summed E-state index contributed by atoms with van der Waals surface area (Å²) in [5.41, 5.74) is 3.64. The lowest BCUT2D eigenvalue weighted by molar-refractivity contribution is 0.0933. The smallest absolute Gasteiger partial charge is 0.251 e. The molecule has 0 radical (unpaired) electrons. The number of hydrogen-bond donors (Lipinski definition) is 1. The number of carbonyl (C=O) groups excluding carboxylic acids is 1. The van der Waals surface area contributed by atoms with Gasteiger partial charge in [0.05, 0.1) is 5.69 Å². The molecule has 2 aliphatic rings. The monoisotopic (exact) mass is 412 g/mol. The van der Waals surface area contributed by atoms with E-state index in [9.17, 15) is 4.79 Å². The van der Waals surface area contributed by atoms with Crippen LogP contribution in [0.5, 0.6) is 0 Å². The van der Waals surface area contributed by atoms with Crippen LogP contribution in [-0.4, -0.2) is 17.7 Å². The number of fused-ring (bicyclic) bond motifs is 2. The highest BCUT2D eigenvalue weighted by molar-refractivity contribution is 7.99. The highest BCUT2D eigenvalue weighted by atomic mass is 35.5. The van der Waals surface area contributed by atoms with Crippen LogP contribution < -0.4 is 5.32 Å². The molecule has 0 unspecified atom stereocenters. The van der Waals surface area contributed by atoms with Gasteiger partial charge in [-0.1, -0.05) is 56.0 Å². The number of aliphatic imine (C=N–C) groups is 1. The van der Waals surface area contributed by atoms with E-state index in [0.29, 0.717) is 11.6 Å². The van der Waals surface area contributed by atoms with Crippen molar-refractivity contribution >= 4 is 40.7 Å². The molecule has 28 heavy (non-hydrogen) atoms. The van der Waals surface area contributed by atoms with Crippen LogP contribution in [0, 0.1) is 0 Å². The number of nitrogens with one attached hydrogen (secondary N) is 1. The predicted molar refractivity (Wildman–Crippen MR) is 117 cm³/mol. The summed E-state index contributed by atoms with van der Waals surface area (Å²) in [5, 5.41) is 3.95. The lowest BCUT2D eigenvalue weighted by Gasteiger charge is -2.16. The van der Waals surface area contributed by atoms with Crippen molar-refractivity contribution in [3.05, 3.63) is 52.5 Å². The average Bonchev–Trinajstić information content (AvgIpc) is 3.04. The first-order valence-electron chi connectivity index (χ1n) is 10.1. The normalized spacial score (nSPS) is 17.0. The van der Waals surface area contributed by atoms with Gasteiger partial charge < -0.3 is 5.32 Å². The van der Waals surface area contributed by atoms with Crippen LogP contribution in [0.2, 0.25) is 5.02 Å². The van der Waals surface area contributed by atoms with E-state index in [2.05, 4.69) is 18.3 Å². The zero-order valence-corrected chi connectivity index (χ0v) is 17.7. The van der Waals surface area contributed by atoms with Crippen molar-refractivity contribution in [3.63, 3.8) is 0 Å². The molecule has 1 heterocycles. The first-order chi connectivity index (χ1) is 13.6.